The van der Waals surface area contributed by atoms with Crippen LogP contribution in [0.3, 0.4) is 0 Å². The number of hydrogen-bond acceptors (Lipinski definition) is 6. The summed E-state index contributed by atoms with van der Waals surface area (Å²) in [5.41, 5.74) is 4.88. The maximum absolute atomic E-state index is 12.1. The zero-order valence-electron chi connectivity index (χ0n) is 15.3. The summed E-state index contributed by atoms with van der Waals surface area (Å²) in [4.78, 5) is 12.1. The Balaban J connectivity index is 2.07. The molecule has 0 fully saturated rings. The SMILES string of the molecule is COc1cc(C=NNC(=O)Cn2nc(C)c(Br)c2C)cc(OC)c1OC. The fourth-order valence-electron chi connectivity index (χ4n) is 2.36. The maximum Gasteiger partial charge on any atom is 0.261 e. The van der Waals surface area contributed by atoms with Gasteiger partial charge in [0.1, 0.15) is 6.54 Å². The van der Waals surface area contributed by atoms with Gasteiger partial charge in [-0.05, 0) is 41.9 Å². The van der Waals surface area contributed by atoms with Crippen LogP contribution in [-0.4, -0.2) is 43.2 Å². The number of hydrazone groups is 1. The Bertz CT molecular complexity index is 807. The minimum atomic E-state index is -0.285. The van der Waals surface area contributed by atoms with E-state index in [1.165, 1.54) is 27.5 Å². The minimum absolute atomic E-state index is 0.0743. The number of hydrogen-bond donors (Lipinski definition) is 1. The lowest BCUT2D eigenvalue weighted by molar-refractivity contribution is -0.121. The van der Waals surface area contributed by atoms with Gasteiger partial charge in [-0.2, -0.15) is 10.2 Å². The molecule has 2 rings (SSSR count). The summed E-state index contributed by atoms with van der Waals surface area (Å²) < 4.78 is 18.3. The van der Waals surface area contributed by atoms with Gasteiger partial charge in [-0.1, -0.05) is 0 Å². The van der Waals surface area contributed by atoms with Crippen LogP contribution in [0.5, 0.6) is 17.2 Å². The van der Waals surface area contributed by atoms with Crippen LogP contribution < -0.4 is 19.6 Å². The molecule has 0 spiro atoms. The molecule has 0 saturated heterocycles. The van der Waals surface area contributed by atoms with E-state index in [1.54, 1.807) is 16.8 Å². The number of nitrogens with zero attached hydrogens (tertiary/aromatic N) is 3. The summed E-state index contributed by atoms with van der Waals surface area (Å²) in [7, 11) is 4.60. The van der Waals surface area contributed by atoms with Crippen molar-refractivity contribution in [3.63, 3.8) is 0 Å². The van der Waals surface area contributed by atoms with Gasteiger partial charge >= 0.3 is 0 Å². The van der Waals surface area contributed by atoms with Gasteiger partial charge in [0.25, 0.3) is 5.91 Å². The fourth-order valence-corrected chi connectivity index (χ4v) is 2.64. The average Bonchev–Trinajstić information content (AvgIpc) is 2.87. The van der Waals surface area contributed by atoms with Crippen LogP contribution in [0, 0.1) is 13.8 Å². The van der Waals surface area contributed by atoms with Crippen LogP contribution in [0.4, 0.5) is 0 Å². The van der Waals surface area contributed by atoms with Crippen LogP contribution in [0.15, 0.2) is 21.7 Å². The van der Waals surface area contributed by atoms with Crippen LogP contribution in [0.25, 0.3) is 0 Å². The van der Waals surface area contributed by atoms with Gasteiger partial charge in [-0.25, -0.2) is 5.43 Å². The molecule has 0 saturated carbocycles. The molecule has 1 heterocycles. The predicted molar refractivity (Wildman–Crippen MR) is 101 cm³/mol. The molecule has 0 atom stereocenters. The van der Waals surface area contributed by atoms with Gasteiger partial charge in [0.05, 0.1) is 43.4 Å². The van der Waals surface area contributed by atoms with E-state index in [9.17, 15) is 4.79 Å². The van der Waals surface area contributed by atoms with Crippen molar-refractivity contribution in [2.75, 3.05) is 21.3 Å². The molecule has 8 nitrogen and oxygen atoms in total. The summed E-state index contributed by atoms with van der Waals surface area (Å²) in [6.07, 6.45) is 1.50. The number of rotatable bonds is 7. The zero-order valence-corrected chi connectivity index (χ0v) is 16.9. The highest BCUT2D eigenvalue weighted by atomic mass is 79.9. The highest BCUT2D eigenvalue weighted by Gasteiger charge is 2.13. The first-order valence-corrected chi connectivity index (χ1v) is 8.52. The number of amides is 1. The number of carbonyl (C=O) groups excluding carboxylic acids is 1. The third-order valence-corrected chi connectivity index (χ3v) is 4.82. The molecule has 2 aromatic rings. The van der Waals surface area contributed by atoms with Crippen molar-refractivity contribution < 1.29 is 19.0 Å². The molecule has 1 amide bonds. The van der Waals surface area contributed by atoms with Crippen LogP contribution in [0.1, 0.15) is 17.0 Å². The molecule has 0 unspecified atom stereocenters. The van der Waals surface area contributed by atoms with Gasteiger partial charge in [-0.15, -0.1) is 0 Å². The molecule has 0 aliphatic rings. The molecule has 140 valence electrons. The number of halogens is 1. The molecular formula is C17H21BrN4O4. The van der Waals surface area contributed by atoms with Gasteiger partial charge in [-0.3, -0.25) is 9.48 Å². The lowest BCUT2D eigenvalue weighted by Crippen LogP contribution is -2.24. The average molecular weight is 425 g/mol. The second-order valence-corrected chi connectivity index (χ2v) is 6.19. The summed E-state index contributed by atoms with van der Waals surface area (Å²) in [6, 6.07) is 3.46. The van der Waals surface area contributed by atoms with E-state index < -0.39 is 0 Å². The lowest BCUT2D eigenvalue weighted by atomic mass is 10.2. The predicted octanol–water partition coefficient (Wildman–Crippen LogP) is 2.44. The number of carbonyl (C=O) groups is 1. The van der Waals surface area contributed by atoms with Gasteiger partial charge < -0.3 is 14.2 Å². The lowest BCUT2D eigenvalue weighted by Gasteiger charge is -2.12. The zero-order chi connectivity index (χ0) is 19.3. The number of aromatic nitrogens is 2. The Labute approximate surface area is 160 Å². The van der Waals surface area contributed by atoms with E-state index in [1.807, 2.05) is 13.8 Å². The Morgan fingerprint density at radius 2 is 1.85 bits per heavy atom. The molecule has 0 aliphatic carbocycles. The summed E-state index contributed by atoms with van der Waals surface area (Å²) in [5.74, 6) is 1.22. The summed E-state index contributed by atoms with van der Waals surface area (Å²) in [5, 5.41) is 8.26. The van der Waals surface area contributed by atoms with Crippen molar-refractivity contribution in [1.82, 2.24) is 15.2 Å². The van der Waals surface area contributed by atoms with Gasteiger partial charge in [0.2, 0.25) is 5.75 Å². The number of methoxy groups -OCH3 is 3. The molecule has 0 aliphatic heterocycles. The molecule has 9 heteroatoms. The second-order valence-electron chi connectivity index (χ2n) is 5.39. The Morgan fingerprint density at radius 1 is 1.23 bits per heavy atom. The standard InChI is InChI=1S/C17H21BrN4O4/c1-10-16(18)11(2)22(21-10)9-15(23)20-19-8-12-6-13(24-3)17(26-5)14(7-12)25-4/h6-8H,9H2,1-5H3,(H,20,23). The van der Waals surface area contributed by atoms with Gasteiger partial charge in [0.15, 0.2) is 11.5 Å². The largest absolute Gasteiger partial charge is 0.493 e. The van der Waals surface area contributed by atoms with E-state index in [-0.39, 0.29) is 12.5 Å². The molecular weight excluding hydrogens is 404 g/mol. The fraction of sp³-hybridized carbons (Fsp3) is 0.353. The van der Waals surface area contributed by atoms with Crippen molar-refractivity contribution in [3.8, 4) is 17.2 Å². The van der Waals surface area contributed by atoms with Crippen molar-refractivity contribution in [2.45, 2.75) is 20.4 Å². The van der Waals surface area contributed by atoms with Crippen molar-refractivity contribution in [1.29, 1.82) is 0 Å². The van der Waals surface area contributed by atoms with Crippen molar-refractivity contribution in [2.24, 2.45) is 5.10 Å². The van der Waals surface area contributed by atoms with E-state index in [0.717, 1.165) is 15.9 Å². The third-order valence-electron chi connectivity index (χ3n) is 3.68. The van der Waals surface area contributed by atoms with Crippen LogP contribution in [0.2, 0.25) is 0 Å². The molecule has 26 heavy (non-hydrogen) atoms. The topological polar surface area (TPSA) is 87.0 Å². The molecule has 0 bridgehead atoms. The molecule has 1 aromatic heterocycles. The smallest absolute Gasteiger partial charge is 0.261 e. The normalized spacial score (nSPS) is 10.8. The minimum Gasteiger partial charge on any atom is -0.493 e. The number of benzene rings is 1. The van der Waals surface area contributed by atoms with E-state index in [2.05, 4.69) is 31.6 Å². The summed E-state index contributed by atoms with van der Waals surface area (Å²) in [6.45, 7) is 3.83. The quantitative estimate of drug-likeness (QED) is 0.544. The second kappa shape index (κ2) is 8.70. The van der Waals surface area contributed by atoms with Crippen LogP contribution in [-0.2, 0) is 11.3 Å². The maximum atomic E-state index is 12.1. The highest BCUT2D eigenvalue weighted by Crippen LogP contribution is 2.37. The number of ether oxygens (including phenoxy) is 3. The Kier molecular flexibility index (Phi) is 6.62. The third kappa shape index (κ3) is 4.34. The molecule has 0 radical (unpaired) electrons. The summed E-state index contributed by atoms with van der Waals surface area (Å²) >= 11 is 3.43. The van der Waals surface area contributed by atoms with Crippen molar-refractivity contribution in [3.05, 3.63) is 33.6 Å². The molecule has 1 aromatic carbocycles. The van der Waals surface area contributed by atoms with E-state index >= 15 is 0 Å². The Morgan fingerprint density at radius 3 is 2.31 bits per heavy atom. The van der Waals surface area contributed by atoms with Gasteiger partial charge in [0, 0.05) is 5.56 Å². The monoisotopic (exact) mass is 424 g/mol. The first-order chi connectivity index (χ1) is 12.4. The number of aryl methyl sites for hydroxylation is 1. The first kappa shape index (κ1) is 19.8. The number of nitrogens with one attached hydrogen (secondary N) is 1. The van der Waals surface area contributed by atoms with E-state index in [0.29, 0.717) is 22.8 Å². The molecule has 1 N–H and O–H groups in total. The highest BCUT2D eigenvalue weighted by molar-refractivity contribution is 9.10. The van der Waals surface area contributed by atoms with Crippen LogP contribution >= 0.6 is 15.9 Å². The van der Waals surface area contributed by atoms with E-state index in [4.69, 9.17) is 14.2 Å². The first-order valence-electron chi connectivity index (χ1n) is 7.72. The Hall–Kier alpha value is -2.55. The van der Waals surface area contributed by atoms with Crippen molar-refractivity contribution >= 4 is 28.1 Å².